The van der Waals surface area contributed by atoms with Gasteiger partial charge in [0.25, 0.3) is 0 Å². The first kappa shape index (κ1) is 16.1. The molecule has 0 saturated carbocycles. The summed E-state index contributed by atoms with van der Waals surface area (Å²) in [7, 11) is 0. The fourth-order valence-electron chi connectivity index (χ4n) is 3.01. The van der Waals surface area contributed by atoms with Crippen molar-refractivity contribution in [3.63, 3.8) is 0 Å². The van der Waals surface area contributed by atoms with Crippen molar-refractivity contribution in [2.24, 2.45) is 0 Å². The van der Waals surface area contributed by atoms with Crippen LogP contribution >= 0.6 is 11.3 Å². The maximum atomic E-state index is 12.4. The van der Waals surface area contributed by atoms with Gasteiger partial charge in [0, 0.05) is 43.3 Å². The van der Waals surface area contributed by atoms with Gasteiger partial charge >= 0.3 is 0 Å². The summed E-state index contributed by atoms with van der Waals surface area (Å²) in [6.07, 6.45) is 2.18. The zero-order valence-corrected chi connectivity index (χ0v) is 14.8. The molecule has 3 aromatic rings. The minimum Gasteiger partial charge on any atom is -0.340 e. The third kappa shape index (κ3) is 3.52. The fourth-order valence-corrected chi connectivity index (χ4v) is 3.70. The van der Waals surface area contributed by atoms with Crippen LogP contribution in [0.4, 0.5) is 0 Å². The number of rotatable bonds is 3. The van der Waals surface area contributed by atoms with E-state index in [2.05, 4.69) is 26.6 Å². The number of amides is 1. The third-order valence-corrected chi connectivity index (χ3v) is 5.24. The van der Waals surface area contributed by atoms with Crippen LogP contribution in [0.25, 0.3) is 21.3 Å². The molecule has 0 radical (unpaired) electrons. The van der Waals surface area contributed by atoms with Crippen molar-refractivity contribution in [3.05, 3.63) is 41.2 Å². The van der Waals surface area contributed by atoms with E-state index in [1.807, 2.05) is 36.2 Å². The van der Waals surface area contributed by atoms with E-state index in [-0.39, 0.29) is 5.91 Å². The van der Waals surface area contributed by atoms with Gasteiger partial charge in [-0.25, -0.2) is 0 Å². The third-order valence-electron chi connectivity index (χ3n) is 4.35. The number of piperazine rings is 1. The van der Waals surface area contributed by atoms with Crippen LogP contribution in [0.3, 0.4) is 0 Å². The maximum absolute atomic E-state index is 12.4. The smallest absolute Gasteiger partial charge is 0.228 e. The SMILES string of the molecule is Cc1nnc(-c2ccc3cnc(CC(=O)N4CCNCC4)cc3c2)s1. The van der Waals surface area contributed by atoms with Gasteiger partial charge in [0.15, 0.2) is 0 Å². The van der Waals surface area contributed by atoms with Gasteiger partial charge < -0.3 is 10.2 Å². The Morgan fingerprint density at radius 3 is 2.80 bits per heavy atom. The van der Waals surface area contributed by atoms with Gasteiger partial charge in [-0.15, -0.1) is 10.2 Å². The second-order valence-electron chi connectivity index (χ2n) is 6.17. The molecule has 0 aliphatic carbocycles. The lowest BCUT2D eigenvalue weighted by Gasteiger charge is -2.27. The Morgan fingerprint density at radius 1 is 1.20 bits per heavy atom. The molecule has 25 heavy (non-hydrogen) atoms. The fraction of sp³-hybridized carbons (Fsp3) is 0.333. The average Bonchev–Trinajstić information content (AvgIpc) is 3.08. The number of hydrogen-bond donors (Lipinski definition) is 1. The minimum absolute atomic E-state index is 0.143. The predicted octanol–water partition coefficient (Wildman–Crippen LogP) is 2.04. The Balaban J connectivity index is 1.59. The molecular weight excluding hydrogens is 334 g/mol. The second kappa shape index (κ2) is 6.85. The van der Waals surface area contributed by atoms with E-state index >= 15 is 0 Å². The number of nitrogens with one attached hydrogen (secondary N) is 1. The highest BCUT2D eigenvalue weighted by Crippen LogP contribution is 2.27. The van der Waals surface area contributed by atoms with Crippen LogP contribution in [-0.2, 0) is 11.2 Å². The number of aryl methyl sites for hydroxylation is 1. The second-order valence-corrected chi connectivity index (χ2v) is 7.35. The van der Waals surface area contributed by atoms with Gasteiger partial charge in [-0.1, -0.05) is 23.5 Å². The Morgan fingerprint density at radius 2 is 2.04 bits per heavy atom. The minimum atomic E-state index is 0.143. The number of carbonyl (C=O) groups is 1. The lowest BCUT2D eigenvalue weighted by Crippen LogP contribution is -2.47. The van der Waals surface area contributed by atoms with Crippen molar-refractivity contribution in [1.82, 2.24) is 25.4 Å². The van der Waals surface area contributed by atoms with E-state index in [4.69, 9.17) is 0 Å². The first-order chi connectivity index (χ1) is 12.2. The summed E-state index contributed by atoms with van der Waals surface area (Å²) >= 11 is 1.58. The van der Waals surface area contributed by atoms with Crippen LogP contribution in [0.2, 0.25) is 0 Å². The topological polar surface area (TPSA) is 71.0 Å². The summed E-state index contributed by atoms with van der Waals surface area (Å²) in [5, 5.41) is 15.5. The molecule has 0 unspecified atom stereocenters. The Hall–Kier alpha value is -2.38. The number of hydrogen-bond acceptors (Lipinski definition) is 6. The van der Waals surface area contributed by atoms with Gasteiger partial charge in [-0.2, -0.15) is 0 Å². The van der Waals surface area contributed by atoms with Crippen LogP contribution in [0, 0.1) is 6.92 Å². The van der Waals surface area contributed by atoms with Gasteiger partial charge in [-0.3, -0.25) is 9.78 Å². The number of benzene rings is 1. The highest BCUT2D eigenvalue weighted by atomic mass is 32.1. The van der Waals surface area contributed by atoms with Crippen LogP contribution in [0.1, 0.15) is 10.7 Å². The molecular formula is C18H19N5OS. The summed E-state index contributed by atoms with van der Waals surface area (Å²) in [5.41, 5.74) is 1.85. The first-order valence-corrected chi connectivity index (χ1v) is 9.18. The monoisotopic (exact) mass is 353 g/mol. The lowest BCUT2D eigenvalue weighted by molar-refractivity contribution is -0.131. The van der Waals surface area contributed by atoms with Gasteiger partial charge in [0.1, 0.15) is 10.0 Å². The van der Waals surface area contributed by atoms with E-state index in [1.165, 1.54) is 0 Å². The van der Waals surface area contributed by atoms with Gasteiger partial charge in [0.05, 0.1) is 12.1 Å². The molecule has 1 fully saturated rings. The molecule has 0 atom stereocenters. The molecule has 7 heteroatoms. The summed E-state index contributed by atoms with van der Waals surface area (Å²) in [5.74, 6) is 0.143. The lowest BCUT2D eigenvalue weighted by atomic mass is 10.1. The zero-order valence-electron chi connectivity index (χ0n) is 14.0. The van der Waals surface area contributed by atoms with Crippen molar-refractivity contribution in [1.29, 1.82) is 0 Å². The van der Waals surface area contributed by atoms with Crippen molar-refractivity contribution in [3.8, 4) is 10.6 Å². The van der Waals surface area contributed by atoms with E-state index in [0.29, 0.717) is 6.42 Å². The molecule has 2 aromatic heterocycles. The molecule has 0 spiro atoms. The molecule has 3 heterocycles. The molecule has 1 aliphatic heterocycles. The molecule has 1 amide bonds. The number of pyridine rings is 1. The number of carbonyl (C=O) groups excluding carboxylic acids is 1. The first-order valence-electron chi connectivity index (χ1n) is 8.37. The van der Waals surface area contributed by atoms with Crippen LogP contribution < -0.4 is 5.32 Å². The molecule has 4 rings (SSSR count). The van der Waals surface area contributed by atoms with Gasteiger partial charge in [0.2, 0.25) is 5.91 Å². The van der Waals surface area contributed by atoms with Crippen molar-refractivity contribution >= 4 is 28.0 Å². The van der Waals surface area contributed by atoms with Gasteiger partial charge in [-0.05, 0) is 24.4 Å². The van der Waals surface area contributed by atoms with Crippen molar-refractivity contribution < 1.29 is 4.79 Å². The Bertz CT molecular complexity index is 917. The molecule has 6 nitrogen and oxygen atoms in total. The van der Waals surface area contributed by atoms with E-state index in [9.17, 15) is 4.79 Å². The highest BCUT2D eigenvalue weighted by Gasteiger charge is 2.17. The maximum Gasteiger partial charge on any atom is 0.228 e. The number of aromatic nitrogens is 3. The van der Waals surface area contributed by atoms with E-state index in [0.717, 1.165) is 58.2 Å². The van der Waals surface area contributed by atoms with Crippen molar-refractivity contribution in [2.45, 2.75) is 13.3 Å². The number of fused-ring (bicyclic) bond motifs is 1. The normalized spacial score (nSPS) is 14.8. The molecule has 1 aliphatic rings. The summed E-state index contributed by atoms with van der Waals surface area (Å²) in [4.78, 5) is 18.8. The van der Waals surface area contributed by atoms with E-state index in [1.54, 1.807) is 11.3 Å². The van der Waals surface area contributed by atoms with Crippen molar-refractivity contribution in [2.75, 3.05) is 26.2 Å². The van der Waals surface area contributed by atoms with Crippen LogP contribution in [-0.4, -0.2) is 52.2 Å². The zero-order chi connectivity index (χ0) is 17.2. The molecule has 128 valence electrons. The summed E-state index contributed by atoms with van der Waals surface area (Å²) in [6, 6.07) is 8.18. The molecule has 1 saturated heterocycles. The van der Waals surface area contributed by atoms with Crippen LogP contribution in [0.15, 0.2) is 30.5 Å². The number of nitrogens with zero attached hydrogens (tertiary/aromatic N) is 4. The summed E-state index contributed by atoms with van der Waals surface area (Å²) in [6.45, 7) is 5.22. The average molecular weight is 353 g/mol. The Kier molecular flexibility index (Phi) is 4.42. The summed E-state index contributed by atoms with van der Waals surface area (Å²) < 4.78 is 0. The van der Waals surface area contributed by atoms with Crippen LogP contribution in [0.5, 0.6) is 0 Å². The molecule has 1 N–H and O–H groups in total. The molecule has 1 aromatic carbocycles. The standard InChI is InChI=1S/C18H19N5OS/c1-12-21-22-18(25-12)13-2-3-14-11-20-16(9-15(14)8-13)10-17(24)23-6-4-19-5-7-23/h2-3,8-9,11,19H,4-7,10H2,1H3. The predicted molar refractivity (Wildman–Crippen MR) is 98.5 cm³/mol. The Labute approximate surface area is 149 Å². The quantitative estimate of drug-likeness (QED) is 0.780. The molecule has 0 bridgehead atoms. The van der Waals surface area contributed by atoms with E-state index < -0.39 is 0 Å². The largest absolute Gasteiger partial charge is 0.340 e. The highest BCUT2D eigenvalue weighted by molar-refractivity contribution is 7.14.